The highest BCUT2D eigenvalue weighted by Crippen LogP contribution is 2.33. The van der Waals surface area contributed by atoms with Crippen molar-refractivity contribution in [2.24, 2.45) is 0 Å². The number of pyridine rings is 1. The molecule has 0 radical (unpaired) electrons. The molecule has 1 aromatic rings. The van der Waals surface area contributed by atoms with Gasteiger partial charge in [-0.1, -0.05) is 15.9 Å². The maximum absolute atomic E-state index is 5.56. The molecule has 2 heterocycles. The smallest absolute Gasteiger partial charge is 0.135 e. The molecule has 1 aliphatic heterocycles. The third-order valence-corrected chi connectivity index (χ3v) is 3.12. The lowest BCUT2D eigenvalue weighted by atomic mass is 9.90. The monoisotopic (exact) mass is 256 g/mol. The predicted molar refractivity (Wildman–Crippen MR) is 58.1 cm³/mol. The number of likely N-dealkylation sites (tertiary alicyclic amines) is 1. The Hall–Kier alpha value is -0.450. The summed E-state index contributed by atoms with van der Waals surface area (Å²) in [5.74, 6) is 0. The summed E-state index contributed by atoms with van der Waals surface area (Å²) < 4.78 is 6.61. The Labute approximate surface area is 92.2 Å². The summed E-state index contributed by atoms with van der Waals surface area (Å²) >= 11 is 3.44. The first-order valence-electron chi connectivity index (χ1n) is 4.52. The van der Waals surface area contributed by atoms with Crippen LogP contribution in [0.25, 0.3) is 0 Å². The van der Waals surface area contributed by atoms with Crippen molar-refractivity contribution in [3.63, 3.8) is 0 Å². The van der Waals surface area contributed by atoms with Crippen LogP contribution in [0.3, 0.4) is 0 Å². The molecule has 2 rings (SSSR count). The van der Waals surface area contributed by atoms with Gasteiger partial charge in [-0.15, -0.1) is 0 Å². The Morgan fingerprint density at radius 3 is 2.79 bits per heavy atom. The van der Waals surface area contributed by atoms with Crippen LogP contribution in [0.4, 0.5) is 0 Å². The first-order chi connectivity index (χ1) is 6.66. The fraction of sp³-hybridized carbons (Fsp3) is 0.500. The fourth-order valence-corrected chi connectivity index (χ4v) is 2.21. The topological polar surface area (TPSA) is 25.4 Å². The van der Waals surface area contributed by atoms with E-state index in [1.165, 1.54) is 0 Å². The van der Waals surface area contributed by atoms with Gasteiger partial charge in [-0.25, -0.2) is 0 Å². The lowest BCUT2D eigenvalue weighted by molar-refractivity contribution is -0.123. The molecule has 1 fully saturated rings. The summed E-state index contributed by atoms with van der Waals surface area (Å²) in [6.07, 6.45) is 1.80. The molecule has 1 aromatic heterocycles. The van der Waals surface area contributed by atoms with Crippen molar-refractivity contribution >= 4 is 15.9 Å². The maximum Gasteiger partial charge on any atom is 0.135 e. The van der Waals surface area contributed by atoms with Crippen LogP contribution in [0.5, 0.6) is 0 Å². The molecule has 14 heavy (non-hydrogen) atoms. The number of ether oxygens (including phenoxy) is 1. The van der Waals surface area contributed by atoms with E-state index >= 15 is 0 Å². The summed E-state index contributed by atoms with van der Waals surface area (Å²) in [7, 11) is 3.82. The average molecular weight is 257 g/mol. The van der Waals surface area contributed by atoms with Gasteiger partial charge in [0.1, 0.15) is 5.60 Å². The van der Waals surface area contributed by atoms with Crippen LogP contribution in [0, 0.1) is 0 Å². The van der Waals surface area contributed by atoms with E-state index in [-0.39, 0.29) is 5.60 Å². The van der Waals surface area contributed by atoms with Crippen molar-refractivity contribution in [3.05, 3.63) is 28.5 Å². The molecule has 3 nitrogen and oxygen atoms in total. The number of likely N-dealkylation sites (N-methyl/N-ethyl adjacent to an activating group) is 1. The fourth-order valence-electron chi connectivity index (χ4n) is 1.88. The zero-order chi connectivity index (χ0) is 10.2. The van der Waals surface area contributed by atoms with Crippen LogP contribution in [-0.2, 0) is 10.3 Å². The highest BCUT2D eigenvalue weighted by Gasteiger charge is 2.44. The minimum Gasteiger partial charge on any atom is -0.369 e. The number of aromatic nitrogens is 1. The Morgan fingerprint density at radius 2 is 2.29 bits per heavy atom. The molecule has 1 aliphatic rings. The molecule has 1 saturated heterocycles. The summed E-state index contributed by atoms with van der Waals surface area (Å²) in [6.45, 7) is 1.82. The average Bonchev–Trinajstić information content (AvgIpc) is 2.12. The molecule has 0 bridgehead atoms. The minimum atomic E-state index is -0.196. The Balaban J connectivity index is 2.29. The second-order valence-electron chi connectivity index (χ2n) is 3.73. The van der Waals surface area contributed by atoms with Gasteiger partial charge in [0, 0.05) is 30.9 Å². The van der Waals surface area contributed by atoms with E-state index < -0.39 is 0 Å². The van der Waals surface area contributed by atoms with Crippen LogP contribution in [0.15, 0.2) is 22.8 Å². The zero-order valence-corrected chi connectivity index (χ0v) is 9.91. The van der Waals surface area contributed by atoms with E-state index in [1.54, 1.807) is 13.3 Å². The molecule has 0 aromatic carbocycles. The van der Waals surface area contributed by atoms with Gasteiger partial charge in [0.15, 0.2) is 0 Å². The number of hydrogen-bond donors (Lipinski definition) is 0. The molecular weight excluding hydrogens is 244 g/mol. The lowest BCUT2D eigenvalue weighted by Crippen LogP contribution is -2.58. The van der Waals surface area contributed by atoms with Gasteiger partial charge in [0.25, 0.3) is 0 Å². The lowest BCUT2D eigenvalue weighted by Gasteiger charge is -2.46. The molecule has 4 heteroatoms. The second-order valence-corrected chi connectivity index (χ2v) is 4.65. The van der Waals surface area contributed by atoms with Crippen molar-refractivity contribution < 1.29 is 4.74 Å². The summed E-state index contributed by atoms with van der Waals surface area (Å²) in [4.78, 5) is 6.57. The number of rotatable bonds is 2. The summed E-state index contributed by atoms with van der Waals surface area (Å²) in [5, 5.41) is 0. The Morgan fingerprint density at radius 1 is 1.57 bits per heavy atom. The van der Waals surface area contributed by atoms with E-state index in [0.717, 1.165) is 23.3 Å². The van der Waals surface area contributed by atoms with Gasteiger partial charge < -0.3 is 4.74 Å². The molecule has 76 valence electrons. The van der Waals surface area contributed by atoms with Gasteiger partial charge >= 0.3 is 0 Å². The number of nitrogens with zero attached hydrogens (tertiary/aromatic N) is 2. The van der Waals surface area contributed by atoms with Gasteiger partial charge in [-0.05, 0) is 19.2 Å². The first-order valence-corrected chi connectivity index (χ1v) is 5.31. The third kappa shape index (κ3) is 1.58. The largest absolute Gasteiger partial charge is 0.369 e. The van der Waals surface area contributed by atoms with Gasteiger partial charge in [0.2, 0.25) is 0 Å². The second kappa shape index (κ2) is 3.61. The highest BCUT2D eigenvalue weighted by molar-refractivity contribution is 9.10. The van der Waals surface area contributed by atoms with E-state index in [9.17, 15) is 0 Å². The van der Waals surface area contributed by atoms with E-state index in [0.29, 0.717) is 0 Å². The molecule has 0 spiro atoms. The number of methoxy groups -OCH3 is 1. The van der Waals surface area contributed by atoms with Crippen LogP contribution < -0.4 is 0 Å². The number of hydrogen-bond acceptors (Lipinski definition) is 3. The molecule has 0 amide bonds. The third-order valence-electron chi connectivity index (χ3n) is 2.63. The molecule has 0 atom stereocenters. The van der Waals surface area contributed by atoms with Crippen LogP contribution >= 0.6 is 15.9 Å². The normalized spacial score (nSPS) is 20.5. The standard InChI is InChI=1S/C10H13BrN2O/c1-13-6-10(7-13,14-2)9-5-8(11)3-4-12-9/h3-5H,6-7H2,1-2H3. The zero-order valence-electron chi connectivity index (χ0n) is 8.33. The Kier molecular flexibility index (Phi) is 2.60. The van der Waals surface area contributed by atoms with E-state index in [4.69, 9.17) is 4.74 Å². The van der Waals surface area contributed by atoms with Crippen LogP contribution in [0.1, 0.15) is 5.69 Å². The minimum absolute atomic E-state index is 0.196. The van der Waals surface area contributed by atoms with Crippen molar-refractivity contribution in [2.45, 2.75) is 5.60 Å². The quantitative estimate of drug-likeness (QED) is 0.805. The van der Waals surface area contributed by atoms with Gasteiger partial charge in [0.05, 0.1) is 5.69 Å². The SMILES string of the molecule is COC1(c2cc(Br)ccn2)CN(C)C1. The maximum atomic E-state index is 5.56. The van der Waals surface area contributed by atoms with Gasteiger partial charge in [-0.2, -0.15) is 0 Å². The molecule has 0 saturated carbocycles. The van der Waals surface area contributed by atoms with Crippen molar-refractivity contribution in [2.75, 3.05) is 27.2 Å². The molecule has 0 unspecified atom stereocenters. The van der Waals surface area contributed by atoms with E-state index in [1.807, 2.05) is 12.1 Å². The Bertz CT molecular complexity index is 337. The van der Waals surface area contributed by atoms with Crippen LogP contribution in [0.2, 0.25) is 0 Å². The van der Waals surface area contributed by atoms with Crippen molar-refractivity contribution in [1.29, 1.82) is 0 Å². The van der Waals surface area contributed by atoms with Crippen LogP contribution in [-0.4, -0.2) is 37.1 Å². The summed E-state index contributed by atoms with van der Waals surface area (Å²) in [5.41, 5.74) is 0.811. The molecule has 0 aliphatic carbocycles. The van der Waals surface area contributed by atoms with Crippen molar-refractivity contribution in [3.8, 4) is 0 Å². The highest BCUT2D eigenvalue weighted by atomic mass is 79.9. The molecule has 0 N–H and O–H groups in total. The van der Waals surface area contributed by atoms with Crippen molar-refractivity contribution in [1.82, 2.24) is 9.88 Å². The summed E-state index contributed by atoms with van der Waals surface area (Å²) in [6, 6.07) is 3.95. The molecular formula is C10H13BrN2O. The number of halogens is 1. The predicted octanol–water partition coefficient (Wildman–Crippen LogP) is 1.63. The van der Waals surface area contributed by atoms with Gasteiger partial charge in [-0.3, -0.25) is 9.88 Å². The van der Waals surface area contributed by atoms with E-state index in [2.05, 4.69) is 32.9 Å². The first kappa shape index (κ1) is 10.1.